The summed E-state index contributed by atoms with van der Waals surface area (Å²) in [6, 6.07) is 0. The highest BCUT2D eigenvalue weighted by atomic mass is 19.4. The Morgan fingerprint density at radius 1 is 1.38 bits per heavy atom. The first-order valence-electron chi connectivity index (χ1n) is 5.12. The minimum absolute atomic E-state index is 0.0637. The number of piperazine rings is 1. The standard InChI is InChI=1S/C9H16F3N3O/c1-14(7-9(10,11)12)8(16)6-15-4-2-13-3-5-15/h13H,2-7H2,1H3. The Bertz CT molecular complexity index is 239. The molecule has 0 radical (unpaired) electrons. The number of rotatable bonds is 3. The molecule has 1 N–H and O–H groups in total. The molecule has 0 saturated carbocycles. The molecule has 7 heteroatoms. The quantitative estimate of drug-likeness (QED) is 0.748. The first-order valence-corrected chi connectivity index (χ1v) is 5.12. The van der Waals surface area contributed by atoms with Gasteiger partial charge in [0.05, 0.1) is 6.54 Å². The Kier molecular flexibility index (Phi) is 4.55. The number of alkyl halides is 3. The van der Waals surface area contributed by atoms with Crippen molar-refractivity contribution in [3.8, 4) is 0 Å². The van der Waals surface area contributed by atoms with Gasteiger partial charge in [0.1, 0.15) is 6.54 Å². The van der Waals surface area contributed by atoms with Crippen LogP contribution in [-0.2, 0) is 4.79 Å². The number of likely N-dealkylation sites (N-methyl/N-ethyl adjacent to an activating group) is 1. The molecule has 1 rings (SSSR count). The largest absolute Gasteiger partial charge is 0.406 e. The van der Waals surface area contributed by atoms with Crippen LogP contribution in [0.3, 0.4) is 0 Å². The molecule has 0 bridgehead atoms. The summed E-state index contributed by atoms with van der Waals surface area (Å²) in [7, 11) is 1.18. The maximum Gasteiger partial charge on any atom is 0.406 e. The third-order valence-corrected chi connectivity index (χ3v) is 2.41. The lowest BCUT2D eigenvalue weighted by molar-refractivity contribution is -0.159. The lowest BCUT2D eigenvalue weighted by Crippen LogP contribution is -2.48. The van der Waals surface area contributed by atoms with E-state index in [4.69, 9.17) is 0 Å². The SMILES string of the molecule is CN(CC(F)(F)F)C(=O)CN1CCNCC1. The fourth-order valence-corrected chi connectivity index (χ4v) is 1.54. The van der Waals surface area contributed by atoms with Crippen LogP contribution < -0.4 is 5.32 Å². The molecule has 4 nitrogen and oxygen atoms in total. The zero-order chi connectivity index (χ0) is 12.2. The molecule has 0 unspecified atom stereocenters. The summed E-state index contributed by atoms with van der Waals surface area (Å²) in [5.41, 5.74) is 0. The minimum atomic E-state index is -4.33. The van der Waals surface area contributed by atoms with E-state index in [-0.39, 0.29) is 6.54 Å². The topological polar surface area (TPSA) is 35.6 Å². The molecule has 0 aromatic rings. The van der Waals surface area contributed by atoms with Gasteiger partial charge in [-0.1, -0.05) is 0 Å². The van der Waals surface area contributed by atoms with E-state index in [1.807, 2.05) is 4.90 Å². The first-order chi connectivity index (χ1) is 7.38. The van der Waals surface area contributed by atoms with Crippen molar-refractivity contribution in [1.29, 1.82) is 0 Å². The van der Waals surface area contributed by atoms with Gasteiger partial charge in [-0.3, -0.25) is 9.69 Å². The van der Waals surface area contributed by atoms with Crippen molar-refractivity contribution in [3.05, 3.63) is 0 Å². The summed E-state index contributed by atoms with van der Waals surface area (Å²) in [6.45, 7) is 1.83. The Morgan fingerprint density at radius 2 is 1.94 bits per heavy atom. The maximum atomic E-state index is 12.0. The maximum absolute atomic E-state index is 12.0. The Morgan fingerprint density at radius 3 is 2.44 bits per heavy atom. The van der Waals surface area contributed by atoms with E-state index in [1.165, 1.54) is 7.05 Å². The molecule has 0 aromatic heterocycles. The van der Waals surface area contributed by atoms with Crippen molar-refractivity contribution in [2.75, 3.05) is 46.3 Å². The first kappa shape index (κ1) is 13.2. The van der Waals surface area contributed by atoms with Crippen molar-refractivity contribution in [2.45, 2.75) is 6.18 Å². The predicted octanol–water partition coefficient (Wildman–Crippen LogP) is -0.0877. The number of halogens is 3. The lowest BCUT2D eigenvalue weighted by Gasteiger charge is -2.28. The number of hydrogen-bond acceptors (Lipinski definition) is 3. The van der Waals surface area contributed by atoms with Crippen LogP contribution in [0.4, 0.5) is 13.2 Å². The minimum Gasteiger partial charge on any atom is -0.336 e. The fraction of sp³-hybridized carbons (Fsp3) is 0.889. The van der Waals surface area contributed by atoms with E-state index in [0.717, 1.165) is 18.0 Å². The molecule has 1 aliphatic rings. The molecule has 16 heavy (non-hydrogen) atoms. The molecule has 1 saturated heterocycles. The van der Waals surface area contributed by atoms with Crippen LogP contribution in [0.2, 0.25) is 0 Å². The van der Waals surface area contributed by atoms with Crippen LogP contribution in [0.15, 0.2) is 0 Å². The van der Waals surface area contributed by atoms with Gasteiger partial charge in [0.25, 0.3) is 0 Å². The van der Waals surface area contributed by atoms with E-state index in [1.54, 1.807) is 0 Å². The van der Waals surface area contributed by atoms with Gasteiger partial charge in [-0.05, 0) is 0 Å². The molecule has 0 aliphatic carbocycles. The Hall–Kier alpha value is -0.820. The number of amides is 1. The predicted molar refractivity (Wildman–Crippen MR) is 53.0 cm³/mol. The summed E-state index contributed by atoms with van der Waals surface area (Å²) in [6.07, 6.45) is -4.33. The highest BCUT2D eigenvalue weighted by Crippen LogP contribution is 2.15. The van der Waals surface area contributed by atoms with Gasteiger partial charge in [-0.15, -0.1) is 0 Å². The van der Waals surface area contributed by atoms with E-state index in [0.29, 0.717) is 13.1 Å². The number of nitrogens with zero attached hydrogens (tertiary/aromatic N) is 2. The van der Waals surface area contributed by atoms with Crippen molar-refractivity contribution >= 4 is 5.91 Å². The molecule has 0 aromatic carbocycles. The summed E-state index contributed by atoms with van der Waals surface area (Å²) < 4.78 is 36.1. The second kappa shape index (κ2) is 5.49. The molecule has 94 valence electrons. The van der Waals surface area contributed by atoms with Gasteiger partial charge in [-0.2, -0.15) is 13.2 Å². The van der Waals surface area contributed by atoms with Crippen LogP contribution in [0, 0.1) is 0 Å². The highest BCUT2D eigenvalue weighted by molar-refractivity contribution is 5.78. The molecular weight excluding hydrogens is 223 g/mol. The Balaban J connectivity index is 2.33. The molecule has 1 amide bonds. The smallest absolute Gasteiger partial charge is 0.336 e. The number of hydrogen-bond donors (Lipinski definition) is 1. The monoisotopic (exact) mass is 239 g/mol. The zero-order valence-corrected chi connectivity index (χ0v) is 9.18. The second-order valence-electron chi connectivity index (χ2n) is 3.89. The molecule has 1 aliphatic heterocycles. The lowest BCUT2D eigenvalue weighted by atomic mass is 10.3. The second-order valence-corrected chi connectivity index (χ2v) is 3.89. The third-order valence-electron chi connectivity index (χ3n) is 2.41. The van der Waals surface area contributed by atoms with Gasteiger partial charge in [0, 0.05) is 33.2 Å². The van der Waals surface area contributed by atoms with E-state index in [2.05, 4.69) is 5.32 Å². The van der Waals surface area contributed by atoms with Crippen LogP contribution in [-0.4, -0.2) is 68.2 Å². The number of carbonyl (C=O) groups is 1. The summed E-state index contributed by atoms with van der Waals surface area (Å²) in [4.78, 5) is 14.0. The van der Waals surface area contributed by atoms with E-state index >= 15 is 0 Å². The van der Waals surface area contributed by atoms with E-state index in [9.17, 15) is 18.0 Å². The summed E-state index contributed by atoms with van der Waals surface area (Å²) in [5, 5.41) is 3.11. The van der Waals surface area contributed by atoms with Gasteiger partial charge in [0.2, 0.25) is 5.91 Å². The average molecular weight is 239 g/mol. The van der Waals surface area contributed by atoms with Crippen molar-refractivity contribution in [2.24, 2.45) is 0 Å². The van der Waals surface area contributed by atoms with Crippen LogP contribution >= 0.6 is 0 Å². The third kappa shape index (κ3) is 4.80. The van der Waals surface area contributed by atoms with Crippen molar-refractivity contribution in [1.82, 2.24) is 15.1 Å². The summed E-state index contributed by atoms with van der Waals surface area (Å²) in [5.74, 6) is -0.487. The normalized spacial score (nSPS) is 18.5. The Labute approximate surface area is 92.4 Å². The van der Waals surface area contributed by atoms with Crippen molar-refractivity contribution in [3.63, 3.8) is 0 Å². The van der Waals surface area contributed by atoms with Gasteiger partial charge in [0.15, 0.2) is 0 Å². The van der Waals surface area contributed by atoms with Gasteiger partial charge >= 0.3 is 6.18 Å². The highest BCUT2D eigenvalue weighted by Gasteiger charge is 2.31. The van der Waals surface area contributed by atoms with Crippen LogP contribution in [0.25, 0.3) is 0 Å². The molecule has 0 spiro atoms. The average Bonchev–Trinajstić information content (AvgIpc) is 2.16. The number of nitrogens with one attached hydrogen (secondary N) is 1. The molecule has 1 fully saturated rings. The van der Waals surface area contributed by atoms with Gasteiger partial charge < -0.3 is 10.2 Å². The zero-order valence-electron chi connectivity index (χ0n) is 9.18. The van der Waals surface area contributed by atoms with Gasteiger partial charge in [-0.25, -0.2) is 0 Å². The molecule has 0 atom stereocenters. The fourth-order valence-electron chi connectivity index (χ4n) is 1.54. The van der Waals surface area contributed by atoms with E-state index < -0.39 is 18.6 Å². The van der Waals surface area contributed by atoms with Crippen LogP contribution in [0.5, 0.6) is 0 Å². The van der Waals surface area contributed by atoms with Crippen LogP contribution in [0.1, 0.15) is 0 Å². The number of carbonyl (C=O) groups excluding carboxylic acids is 1. The molecule has 1 heterocycles. The molecular formula is C9H16F3N3O. The summed E-state index contributed by atoms with van der Waals surface area (Å²) >= 11 is 0. The van der Waals surface area contributed by atoms with Crippen molar-refractivity contribution < 1.29 is 18.0 Å².